The van der Waals surface area contributed by atoms with Crippen molar-refractivity contribution < 1.29 is 0 Å². The van der Waals surface area contributed by atoms with Gasteiger partial charge in [0.15, 0.2) is 5.96 Å². The molecule has 1 heterocycles. The van der Waals surface area contributed by atoms with Crippen molar-refractivity contribution in [1.82, 2.24) is 15.6 Å². The van der Waals surface area contributed by atoms with Crippen LogP contribution >= 0.6 is 11.3 Å². The molecule has 106 valence electrons. The summed E-state index contributed by atoms with van der Waals surface area (Å²) in [6, 6.07) is 0.624. The number of nitrogens with one attached hydrogen (secondary N) is 2. The van der Waals surface area contributed by atoms with E-state index in [9.17, 15) is 0 Å². The number of aromatic nitrogens is 1. The predicted molar refractivity (Wildman–Crippen MR) is 81.9 cm³/mol. The van der Waals surface area contributed by atoms with E-state index in [1.807, 2.05) is 6.92 Å². The Hall–Kier alpha value is -1.10. The third-order valence-electron chi connectivity index (χ3n) is 3.26. The summed E-state index contributed by atoms with van der Waals surface area (Å²) in [5, 5.41) is 10.1. The van der Waals surface area contributed by atoms with E-state index in [1.165, 1.54) is 11.4 Å². The van der Waals surface area contributed by atoms with Gasteiger partial charge in [-0.15, -0.1) is 11.3 Å². The van der Waals surface area contributed by atoms with Crippen LogP contribution in [0.5, 0.6) is 0 Å². The van der Waals surface area contributed by atoms with Crippen molar-refractivity contribution in [3.8, 4) is 0 Å². The highest BCUT2D eigenvalue weighted by Crippen LogP contribution is 2.28. The Morgan fingerprint density at radius 1 is 1.58 bits per heavy atom. The van der Waals surface area contributed by atoms with E-state index in [-0.39, 0.29) is 0 Å². The van der Waals surface area contributed by atoms with Crippen molar-refractivity contribution in [2.75, 3.05) is 13.1 Å². The molecule has 4 nitrogen and oxygen atoms in total. The first-order valence-corrected chi connectivity index (χ1v) is 8.03. The normalized spacial score (nSPS) is 22.4. The zero-order valence-electron chi connectivity index (χ0n) is 12.1. The Morgan fingerprint density at radius 2 is 2.37 bits per heavy atom. The molecule has 0 spiro atoms. The van der Waals surface area contributed by atoms with Gasteiger partial charge in [0.05, 0.1) is 5.01 Å². The summed E-state index contributed by atoms with van der Waals surface area (Å²) in [6.45, 7) is 8.19. The number of rotatable bonds is 6. The number of nitrogens with zero attached hydrogens (tertiary/aromatic N) is 2. The highest BCUT2D eigenvalue weighted by Gasteiger charge is 2.33. The lowest BCUT2D eigenvalue weighted by Gasteiger charge is -2.10. The molecule has 2 rings (SSSR count). The van der Waals surface area contributed by atoms with Gasteiger partial charge in [0, 0.05) is 36.6 Å². The third-order valence-corrected chi connectivity index (χ3v) is 4.29. The molecule has 1 aliphatic carbocycles. The van der Waals surface area contributed by atoms with Gasteiger partial charge in [0.2, 0.25) is 0 Å². The van der Waals surface area contributed by atoms with E-state index in [0.717, 1.165) is 43.5 Å². The minimum atomic E-state index is 0.624. The Bertz CT molecular complexity index is 427. The summed E-state index contributed by atoms with van der Waals surface area (Å²) in [5.41, 5.74) is 1.13. The number of thiazole rings is 1. The molecule has 0 radical (unpaired) electrons. The lowest BCUT2D eigenvalue weighted by atomic mass is 10.3. The summed E-state index contributed by atoms with van der Waals surface area (Å²) >= 11 is 1.75. The molecular formula is C14H24N4S. The van der Waals surface area contributed by atoms with Crippen LogP contribution in [0.2, 0.25) is 0 Å². The maximum atomic E-state index is 4.62. The second-order valence-corrected chi connectivity index (χ2v) is 6.15. The van der Waals surface area contributed by atoms with Crippen LogP contribution in [0, 0.1) is 12.8 Å². The molecule has 1 fully saturated rings. The van der Waals surface area contributed by atoms with Crippen molar-refractivity contribution >= 4 is 17.3 Å². The summed E-state index contributed by atoms with van der Waals surface area (Å²) in [6.07, 6.45) is 3.35. The maximum Gasteiger partial charge on any atom is 0.191 e. The standard InChI is InChI=1S/C14H24N4S/c1-4-15-14(18-12-8-10(12)2)16-7-5-6-13-17-11(3)9-19-13/h9-10,12H,4-8H2,1-3H3,(H2,15,16,18). The highest BCUT2D eigenvalue weighted by molar-refractivity contribution is 7.09. The molecule has 2 atom stereocenters. The second-order valence-electron chi connectivity index (χ2n) is 5.21. The quantitative estimate of drug-likeness (QED) is 0.478. The van der Waals surface area contributed by atoms with E-state index in [0.29, 0.717) is 6.04 Å². The van der Waals surface area contributed by atoms with Crippen LogP contribution in [0.4, 0.5) is 0 Å². The Balaban J connectivity index is 1.71. The predicted octanol–water partition coefficient (Wildman–Crippen LogP) is 2.35. The number of hydrogen-bond acceptors (Lipinski definition) is 3. The largest absolute Gasteiger partial charge is 0.357 e. The molecule has 1 aliphatic rings. The SMILES string of the molecule is CCNC(=NCCCc1nc(C)cs1)NC1CC1C. The molecule has 1 saturated carbocycles. The molecule has 2 unspecified atom stereocenters. The highest BCUT2D eigenvalue weighted by atomic mass is 32.1. The van der Waals surface area contributed by atoms with E-state index in [4.69, 9.17) is 0 Å². The fourth-order valence-electron chi connectivity index (χ4n) is 1.96. The second kappa shape index (κ2) is 6.89. The van der Waals surface area contributed by atoms with Gasteiger partial charge in [0.1, 0.15) is 0 Å². The summed E-state index contributed by atoms with van der Waals surface area (Å²) in [5.74, 6) is 1.76. The maximum absolute atomic E-state index is 4.62. The fraction of sp³-hybridized carbons (Fsp3) is 0.714. The Morgan fingerprint density at radius 3 is 2.95 bits per heavy atom. The topological polar surface area (TPSA) is 49.3 Å². The van der Waals surface area contributed by atoms with Crippen LogP contribution in [-0.2, 0) is 6.42 Å². The van der Waals surface area contributed by atoms with Crippen LogP contribution in [0.1, 0.15) is 37.4 Å². The van der Waals surface area contributed by atoms with Gasteiger partial charge in [-0.3, -0.25) is 4.99 Å². The van der Waals surface area contributed by atoms with Crippen molar-refractivity contribution in [1.29, 1.82) is 0 Å². The minimum absolute atomic E-state index is 0.624. The molecule has 2 N–H and O–H groups in total. The molecular weight excluding hydrogens is 256 g/mol. The van der Waals surface area contributed by atoms with Crippen molar-refractivity contribution in [2.45, 2.75) is 46.1 Å². The first-order chi connectivity index (χ1) is 9.19. The minimum Gasteiger partial charge on any atom is -0.357 e. The van der Waals surface area contributed by atoms with E-state index in [1.54, 1.807) is 11.3 Å². The number of hydrogen-bond donors (Lipinski definition) is 2. The molecule has 1 aromatic heterocycles. The first-order valence-electron chi connectivity index (χ1n) is 7.15. The zero-order chi connectivity index (χ0) is 13.7. The smallest absolute Gasteiger partial charge is 0.191 e. The molecule has 19 heavy (non-hydrogen) atoms. The summed E-state index contributed by atoms with van der Waals surface area (Å²) in [4.78, 5) is 9.09. The van der Waals surface area contributed by atoms with Crippen molar-refractivity contribution in [3.63, 3.8) is 0 Å². The molecule has 0 aliphatic heterocycles. The summed E-state index contributed by atoms with van der Waals surface area (Å²) < 4.78 is 0. The molecule has 0 bridgehead atoms. The fourth-order valence-corrected chi connectivity index (χ4v) is 2.78. The molecule has 0 saturated heterocycles. The monoisotopic (exact) mass is 280 g/mol. The van der Waals surface area contributed by atoms with Gasteiger partial charge in [-0.2, -0.15) is 0 Å². The lowest BCUT2D eigenvalue weighted by molar-refractivity contribution is 0.753. The van der Waals surface area contributed by atoms with E-state index in [2.05, 4.69) is 39.8 Å². The van der Waals surface area contributed by atoms with Gasteiger partial charge in [0.25, 0.3) is 0 Å². The van der Waals surface area contributed by atoms with Crippen molar-refractivity contribution in [2.24, 2.45) is 10.9 Å². The average Bonchev–Trinajstić information content (AvgIpc) is 2.89. The molecule has 1 aromatic rings. The lowest BCUT2D eigenvalue weighted by Crippen LogP contribution is -2.39. The molecule has 0 aromatic carbocycles. The third kappa shape index (κ3) is 4.82. The van der Waals surface area contributed by atoms with Gasteiger partial charge in [-0.1, -0.05) is 6.92 Å². The molecule has 0 amide bonds. The van der Waals surface area contributed by atoms with Crippen LogP contribution in [0.15, 0.2) is 10.4 Å². The molecule has 5 heteroatoms. The average molecular weight is 280 g/mol. The van der Waals surface area contributed by atoms with Gasteiger partial charge in [-0.25, -0.2) is 4.98 Å². The zero-order valence-corrected chi connectivity index (χ0v) is 12.9. The van der Waals surface area contributed by atoms with Crippen LogP contribution in [0.25, 0.3) is 0 Å². The Labute approximate surface area is 119 Å². The van der Waals surface area contributed by atoms with Crippen LogP contribution < -0.4 is 10.6 Å². The van der Waals surface area contributed by atoms with Gasteiger partial charge in [-0.05, 0) is 32.6 Å². The van der Waals surface area contributed by atoms with Crippen molar-refractivity contribution in [3.05, 3.63) is 16.1 Å². The number of aliphatic imine (C=N–C) groups is 1. The first kappa shape index (κ1) is 14.3. The van der Waals surface area contributed by atoms with E-state index >= 15 is 0 Å². The number of guanidine groups is 1. The Kier molecular flexibility index (Phi) is 5.19. The van der Waals surface area contributed by atoms with Gasteiger partial charge >= 0.3 is 0 Å². The van der Waals surface area contributed by atoms with Crippen LogP contribution in [0.3, 0.4) is 0 Å². The summed E-state index contributed by atoms with van der Waals surface area (Å²) in [7, 11) is 0. The van der Waals surface area contributed by atoms with Crippen LogP contribution in [-0.4, -0.2) is 30.1 Å². The number of aryl methyl sites for hydroxylation is 2. The van der Waals surface area contributed by atoms with Gasteiger partial charge < -0.3 is 10.6 Å². The van der Waals surface area contributed by atoms with E-state index < -0.39 is 0 Å².